The zero-order chi connectivity index (χ0) is 13.1. The van der Waals surface area contributed by atoms with Crippen LogP contribution in [0.3, 0.4) is 0 Å². The number of aromatic nitrogens is 2. The van der Waals surface area contributed by atoms with Crippen LogP contribution in [0.4, 0.5) is 0 Å². The van der Waals surface area contributed by atoms with Crippen molar-refractivity contribution in [3.8, 4) is 0 Å². The second-order valence-corrected chi connectivity index (χ2v) is 7.25. The highest BCUT2D eigenvalue weighted by atomic mass is 32.2. The maximum absolute atomic E-state index is 11.4. The molecule has 0 aliphatic rings. The standard InChI is InChI=1S/C12H23N3OS/c1-10(17(5)16)8-15-9-13-6-11(15)7-14-12(2,3)4/h6,9-10,14H,7-8H2,1-5H3. The molecule has 1 aromatic rings. The topological polar surface area (TPSA) is 46.9 Å². The maximum Gasteiger partial charge on any atom is 0.0948 e. The summed E-state index contributed by atoms with van der Waals surface area (Å²) < 4.78 is 13.4. The Hall–Kier alpha value is -0.680. The van der Waals surface area contributed by atoms with Crippen LogP contribution in [0.1, 0.15) is 33.4 Å². The van der Waals surface area contributed by atoms with Crippen molar-refractivity contribution in [2.24, 2.45) is 0 Å². The van der Waals surface area contributed by atoms with Crippen LogP contribution in [0.2, 0.25) is 0 Å². The number of hydrogen-bond donors (Lipinski definition) is 1. The maximum atomic E-state index is 11.4. The predicted octanol–water partition coefficient (Wildman–Crippen LogP) is 1.54. The molecule has 0 amide bonds. The summed E-state index contributed by atoms with van der Waals surface area (Å²) in [5.41, 5.74) is 1.23. The van der Waals surface area contributed by atoms with E-state index < -0.39 is 10.8 Å². The van der Waals surface area contributed by atoms with Gasteiger partial charge in [-0.3, -0.25) is 4.21 Å². The van der Waals surface area contributed by atoms with Crippen molar-refractivity contribution in [3.63, 3.8) is 0 Å². The summed E-state index contributed by atoms with van der Waals surface area (Å²) in [5.74, 6) is 0. The van der Waals surface area contributed by atoms with Gasteiger partial charge in [-0.05, 0) is 27.7 Å². The molecule has 0 saturated carbocycles. The van der Waals surface area contributed by atoms with Gasteiger partial charge in [-0.2, -0.15) is 0 Å². The first-order valence-electron chi connectivity index (χ1n) is 5.86. The molecule has 2 atom stereocenters. The number of nitrogens with zero attached hydrogens (tertiary/aromatic N) is 2. The van der Waals surface area contributed by atoms with Crippen molar-refractivity contribution in [1.82, 2.24) is 14.9 Å². The molecule has 1 heterocycles. The van der Waals surface area contributed by atoms with E-state index in [1.165, 1.54) is 0 Å². The Labute approximate surface area is 106 Å². The molecule has 0 saturated heterocycles. The molecule has 98 valence electrons. The lowest BCUT2D eigenvalue weighted by atomic mass is 10.1. The van der Waals surface area contributed by atoms with Gasteiger partial charge < -0.3 is 9.88 Å². The zero-order valence-electron chi connectivity index (χ0n) is 11.4. The molecule has 2 unspecified atom stereocenters. The van der Waals surface area contributed by atoms with Gasteiger partial charge in [0.15, 0.2) is 0 Å². The van der Waals surface area contributed by atoms with Gasteiger partial charge in [0, 0.05) is 47.1 Å². The van der Waals surface area contributed by atoms with E-state index in [1.807, 2.05) is 19.4 Å². The largest absolute Gasteiger partial charge is 0.332 e. The average molecular weight is 257 g/mol. The van der Waals surface area contributed by atoms with Gasteiger partial charge in [-0.15, -0.1) is 0 Å². The zero-order valence-corrected chi connectivity index (χ0v) is 12.2. The molecular formula is C12H23N3OS. The van der Waals surface area contributed by atoms with Crippen LogP contribution in [0, 0.1) is 0 Å². The Balaban J connectivity index is 2.63. The van der Waals surface area contributed by atoms with Crippen molar-refractivity contribution in [2.45, 2.75) is 51.6 Å². The molecular weight excluding hydrogens is 234 g/mol. The number of hydrogen-bond acceptors (Lipinski definition) is 3. The minimum Gasteiger partial charge on any atom is -0.332 e. The Kier molecular flexibility index (Phi) is 4.89. The van der Waals surface area contributed by atoms with Gasteiger partial charge in [0.25, 0.3) is 0 Å². The van der Waals surface area contributed by atoms with E-state index in [2.05, 4.69) is 35.6 Å². The van der Waals surface area contributed by atoms with Crippen molar-refractivity contribution in [1.29, 1.82) is 0 Å². The number of nitrogens with one attached hydrogen (secondary N) is 1. The average Bonchev–Trinajstić information content (AvgIpc) is 2.61. The van der Waals surface area contributed by atoms with Crippen LogP contribution in [-0.4, -0.2) is 30.8 Å². The van der Waals surface area contributed by atoms with Crippen LogP contribution in [0.25, 0.3) is 0 Å². The van der Waals surface area contributed by atoms with E-state index in [-0.39, 0.29) is 10.8 Å². The molecule has 17 heavy (non-hydrogen) atoms. The Bertz CT molecular complexity index is 381. The van der Waals surface area contributed by atoms with Crippen molar-refractivity contribution >= 4 is 10.8 Å². The van der Waals surface area contributed by atoms with E-state index in [9.17, 15) is 4.21 Å². The molecule has 0 fully saturated rings. The first kappa shape index (κ1) is 14.4. The highest BCUT2D eigenvalue weighted by Crippen LogP contribution is 2.06. The number of rotatable bonds is 5. The summed E-state index contributed by atoms with van der Waals surface area (Å²) in [6.45, 7) is 9.94. The van der Waals surface area contributed by atoms with E-state index in [0.717, 1.165) is 18.8 Å². The summed E-state index contributed by atoms with van der Waals surface area (Å²) >= 11 is 0. The highest BCUT2D eigenvalue weighted by molar-refractivity contribution is 7.84. The van der Waals surface area contributed by atoms with Crippen LogP contribution in [0.5, 0.6) is 0 Å². The molecule has 1 aromatic heterocycles. The summed E-state index contributed by atoms with van der Waals surface area (Å²) in [7, 11) is -0.793. The fourth-order valence-electron chi connectivity index (χ4n) is 1.40. The fourth-order valence-corrected chi connectivity index (χ4v) is 1.77. The van der Waals surface area contributed by atoms with Crippen LogP contribution in [0.15, 0.2) is 12.5 Å². The quantitative estimate of drug-likeness (QED) is 0.870. The first-order valence-corrected chi connectivity index (χ1v) is 7.48. The molecule has 1 N–H and O–H groups in total. The normalized spacial score (nSPS) is 15.8. The van der Waals surface area contributed by atoms with E-state index in [4.69, 9.17) is 0 Å². The first-order chi connectivity index (χ1) is 7.79. The van der Waals surface area contributed by atoms with Gasteiger partial charge in [-0.25, -0.2) is 4.98 Å². The molecule has 0 bridgehead atoms. The van der Waals surface area contributed by atoms with Gasteiger partial charge in [0.05, 0.1) is 12.0 Å². The second-order valence-electron chi connectivity index (χ2n) is 5.45. The minimum absolute atomic E-state index is 0.0916. The molecule has 0 aromatic carbocycles. The van der Waals surface area contributed by atoms with Crippen LogP contribution in [-0.2, 0) is 23.9 Å². The molecule has 0 aliphatic heterocycles. The summed E-state index contributed by atoms with van der Waals surface area (Å²) in [5, 5.41) is 3.58. The second kappa shape index (κ2) is 5.78. The molecule has 4 nitrogen and oxygen atoms in total. The molecule has 5 heteroatoms. The lowest BCUT2D eigenvalue weighted by Gasteiger charge is -2.21. The third-order valence-corrected chi connectivity index (χ3v) is 3.90. The minimum atomic E-state index is -0.793. The molecule has 1 rings (SSSR count). The third kappa shape index (κ3) is 5.00. The van der Waals surface area contributed by atoms with Crippen LogP contribution < -0.4 is 5.32 Å². The fraction of sp³-hybridized carbons (Fsp3) is 0.750. The lowest BCUT2D eigenvalue weighted by molar-refractivity contribution is 0.415. The van der Waals surface area contributed by atoms with Crippen LogP contribution >= 0.6 is 0 Å². The van der Waals surface area contributed by atoms with Gasteiger partial charge in [-0.1, -0.05) is 0 Å². The van der Waals surface area contributed by atoms with Gasteiger partial charge >= 0.3 is 0 Å². The smallest absolute Gasteiger partial charge is 0.0948 e. The Morgan fingerprint density at radius 2 is 2.18 bits per heavy atom. The monoisotopic (exact) mass is 257 g/mol. The van der Waals surface area contributed by atoms with Crippen molar-refractivity contribution in [2.75, 3.05) is 6.26 Å². The van der Waals surface area contributed by atoms with Gasteiger partial charge in [0.2, 0.25) is 0 Å². The third-order valence-electron chi connectivity index (χ3n) is 2.62. The van der Waals surface area contributed by atoms with E-state index >= 15 is 0 Å². The molecule has 0 aliphatic carbocycles. The lowest BCUT2D eigenvalue weighted by Crippen LogP contribution is -2.35. The molecule has 0 radical (unpaired) electrons. The Morgan fingerprint density at radius 1 is 1.53 bits per heavy atom. The van der Waals surface area contributed by atoms with E-state index in [0.29, 0.717) is 0 Å². The summed E-state index contributed by atoms with van der Waals surface area (Å²) in [6.07, 6.45) is 5.42. The summed E-state index contributed by atoms with van der Waals surface area (Å²) in [6, 6.07) is 0. The SMILES string of the molecule is CC(Cn1cncc1CNC(C)(C)C)S(C)=O. The Morgan fingerprint density at radius 3 is 2.71 bits per heavy atom. The van der Waals surface area contributed by atoms with Gasteiger partial charge in [0.1, 0.15) is 0 Å². The summed E-state index contributed by atoms with van der Waals surface area (Å²) in [4.78, 5) is 4.16. The number of imidazole rings is 1. The molecule has 0 spiro atoms. The van der Waals surface area contributed by atoms with Crippen molar-refractivity contribution < 1.29 is 4.21 Å². The van der Waals surface area contributed by atoms with E-state index in [1.54, 1.807) is 6.26 Å². The van der Waals surface area contributed by atoms with Crippen molar-refractivity contribution in [3.05, 3.63) is 18.2 Å². The predicted molar refractivity (Wildman–Crippen MR) is 72.3 cm³/mol. The highest BCUT2D eigenvalue weighted by Gasteiger charge is 2.13.